The zero-order chi connectivity index (χ0) is 28.6. The van der Waals surface area contributed by atoms with Gasteiger partial charge in [-0.15, -0.1) is 0 Å². The molecular formula is C34H34ClN3O3. The molecule has 8 rings (SSSR count). The van der Waals surface area contributed by atoms with Gasteiger partial charge in [0, 0.05) is 22.1 Å². The summed E-state index contributed by atoms with van der Waals surface area (Å²) in [5, 5.41) is 2.74. The third-order valence-corrected chi connectivity index (χ3v) is 10.5. The number of nitrogens with zero attached hydrogens (tertiary/aromatic N) is 2. The lowest BCUT2D eigenvalue weighted by atomic mass is 9.48. The number of carbonyl (C=O) groups is 3. The van der Waals surface area contributed by atoms with E-state index in [1.807, 2.05) is 26.8 Å². The number of rotatable bonds is 4. The number of hydrogen-bond donors (Lipinski definition) is 1. The van der Waals surface area contributed by atoms with E-state index in [-0.39, 0.29) is 5.57 Å². The van der Waals surface area contributed by atoms with Crippen LogP contribution in [0.3, 0.4) is 0 Å². The molecule has 5 aliphatic rings. The maximum Gasteiger partial charge on any atom is 0.335 e. The molecule has 7 heteroatoms. The van der Waals surface area contributed by atoms with Gasteiger partial charge in [0.05, 0.1) is 5.69 Å². The molecule has 1 aromatic heterocycles. The van der Waals surface area contributed by atoms with Gasteiger partial charge in [-0.2, -0.15) is 0 Å². The summed E-state index contributed by atoms with van der Waals surface area (Å²) in [5.41, 5.74) is 6.60. The van der Waals surface area contributed by atoms with Crippen LogP contribution >= 0.6 is 11.6 Å². The molecule has 1 saturated heterocycles. The molecule has 4 amide bonds. The molecule has 5 fully saturated rings. The second-order valence-corrected chi connectivity index (χ2v) is 13.2. The number of imide groups is 2. The fourth-order valence-corrected chi connectivity index (χ4v) is 8.70. The van der Waals surface area contributed by atoms with E-state index in [2.05, 4.69) is 34.1 Å². The summed E-state index contributed by atoms with van der Waals surface area (Å²) in [5.74, 6) is 1.32. The number of halogens is 1. The van der Waals surface area contributed by atoms with Crippen molar-refractivity contribution in [2.75, 3.05) is 4.90 Å². The quantitative estimate of drug-likeness (QED) is 0.268. The van der Waals surface area contributed by atoms with Gasteiger partial charge in [-0.1, -0.05) is 29.8 Å². The molecule has 4 bridgehead atoms. The highest BCUT2D eigenvalue weighted by molar-refractivity contribution is 6.39. The smallest absolute Gasteiger partial charge is 0.318 e. The SMILES string of the molecule is Cc1ccc(N2C(=O)NC(=O)/C(=C/c3cc(C)n(-c4ccc(C56CC7CC(CC(C7)C5)C6)cc4)c3C)C2=O)cc1Cl. The minimum absolute atomic E-state index is 0.0984. The number of hydrogen-bond acceptors (Lipinski definition) is 3. The lowest BCUT2D eigenvalue weighted by molar-refractivity contribution is -0.122. The molecule has 41 heavy (non-hydrogen) atoms. The van der Waals surface area contributed by atoms with E-state index >= 15 is 0 Å². The highest BCUT2D eigenvalue weighted by atomic mass is 35.5. The number of barbiturate groups is 1. The molecule has 210 valence electrons. The highest BCUT2D eigenvalue weighted by Gasteiger charge is 2.51. The van der Waals surface area contributed by atoms with Crippen molar-refractivity contribution >= 4 is 41.2 Å². The van der Waals surface area contributed by atoms with Crippen LogP contribution in [0.25, 0.3) is 11.8 Å². The van der Waals surface area contributed by atoms with Gasteiger partial charge in [0.25, 0.3) is 11.8 Å². The first-order chi connectivity index (χ1) is 19.6. The summed E-state index contributed by atoms with van der Waals surface area (Å²) in [6.45, 7) is 5.85. The van der Waals surface area contributed by atoms with Gasteiger partial charge in [-0.3, -0.25) is 14.9 Å². The molecule has 2 aromatic carbocycles. The summed E-state index contributed by atoms with van der Waals surface area (Å²) in [6.07, 6.45) is 9.88. The summed E-state index contributed by atoms with van der Waals surface area (Å²) in [4.78, 5) is 39.9. The van der Waals surface area contributed by atoms with E-state index in [0.29, 0.717) is 16.1 Å². The van der Waals surface area contributed by atoms with Crippen molar-refractivity contribution in [3.05, 3.63) is 87.2 Å². The Morgan fingerprint density at radius 3 is 2.07 bits per heavy atom. The zero-order valence-electron chi connectivity index (χ0n) is 23.7. The fourth-order valence-electron chi connectivity index (χ4n) is 8.53. The lowest BCUT2D eigenvalue weighted by Gasteiger charge is -2.57. The number of aromatic nitrogens is 1. The Morgan fingerprint density at radius 2 is 1.46 bits per heavy atom. The van der Waals surface area contributed by atoms with E-state index in [1.165, 1.54) is 44.1 Å². The number of amides is 4. The van der Waals surface area contributed by atoms with Crippen LogP contribution in [0.2, 0.25) is 5.02 Å². The van der Waals surface area contributed by atoms with Crippen molar-refractivity contribution in [3.63, 3.8) is 0 Å². The predicted octanol–water partition coefficient (Wildman–Crippen LogP) is 7.19. The Kier molecular flexibility index (Phi) is 6.06. The average molecular weight is 568 g/mol. The van der Waals surface area contributed by atoms with Crippen LogP contribution in [0.4, 0.5) is 10.5 Å². The Morgan fingerprint density at radius 1 is 0.854 bits per heavy atom. The van der Waals surface area contributed by atoms with E-state index in [9.17, 15) is 14.4 Å². The minimum Gasteiger partial charge on any atom is -0.318 e. The van der Waals surface area contributed by atoms with Crippen molar-refractivity contribution in [1.82, 2.24) is 9.88 Å². The molecule has 4 saturated carbocycles. The van der Waals surface area contributed by atoms with Crippen LogP contribution in [0, 0.1) is 38.5 Å². The van der Waals surface area contributed by atoms with Crippen molar-refractivity contribution < 1.29 is 14.4 Å². The van der Waals surface area contributed by atoms with Gasteiger partial charge in [0.15, 0.2) is 0 Å². The molecule has 0 atom stereocenters. The molecular weight excluding hydrogens is 534 g/mol. The van der Waals surface area contributed by atoms with Gasteiger partial charge >= 0.3 is 6.03 Å². The van der Waals surface area contributed by atoms with Crippen LogP contribution < -0.4 is 10.2 Å². The van der Waals surface area contributed by atoms with E-state index in [0.717, 1.165) is 50.9 Å². The molecule has 1 aliphatic heterocycles. The Balaban J connectivity index is 1.19. The highest BCUT2D eigenvalue weighted by Crippen LogP contribution is 2.60. The lowest BCUT2D eigenvalue weighted by Crippen LogP contribution is -2.54. The van der Waals surface area contributed by atoms with E-state index in [1.54, 1.807) is 24.3 Å². The van der Waals surface area contributed by atoms with Crippen LogP contribution in [-0.2, 0) is 15.0 Å². The van der Waals surface area contributed by atoms with Gasteiger partial charge < -0.3 is 4.57 Å². The molecule has 4 aliphatic carbocycles. The molecule has 0 spiro atoms. The Labute approximate surface area is 245 Å². The first-order valence-electron chi connectivity index (χ1n) is 14.6. The Bertz CT molecular complexity index is 1610. The molecule has 6 nitrogen and oxygen atoms in total. The predicted molar refractivity (Wildman–Crippen MR) is 160 cm³/mol. The summed E-state index contributed by atoms with van der Waals surface area (Å²) in [6, 6.07) is 15.2. The van der Waals surface area contributed by atoms with Crippen molar-refractivity contribution in [2.45, 2.75) is 64.7 Å². The average Bonchev–Trinajstić information content (AvgIpc) is 3.20. The Hall–Kier alpha value is -3.64. The number of anilines is 1. The number of benzene rings is 2. The summed E-state index contributed by atoms with van der Waals surface area (Å²) < 4.78 is 2.16. The van der Waals surface area contributed by atoms with Crippen LogP contribution in [0.15, 0.2) is 54.1 Å². The van der Waals surface area contributed by atoms with Gasteiger partial charge in [0.2, 0.25) is 0 Å². The first-order valence-corrected chi connectivity index (χ1v) is 15.0. The third kappa shape index (κ3) is 4.26. The standard InChI is InChI=1S/C34H34ClN3O3/c1-19-4-7-28(15-30(19)35)38-32(40)29(31(39)36-33(38)41)14-25-10-20(2)37(21(25)3)27-8-5-26(6-9-27)34-16-22-11-23(17-34)13-24(12-22)18-34/h4-10,14-15,22-24H,11-13,16-18H2,1-3H3,(H,36,39,41)/b29-14-. The molecule has 3 aromatic rings. The normalized spacial score (nSPS) is 28.1. The van der Waals surface area contributed by atoms with Gasteiger partial charge in [0.1, 0.15) is 5.57 Å². The minimum atomic E-state index is -0.790. The van der Waals surface area contributed by atoms with Crippen LogP contribution in [0.1, 0.15) is 66.6 Å². The number of nitrogens with one attached hydrogen (secondary N) is 1. The zero-order valence-corrected chi connectivity index (χ0v) is 24.4. The maximum atomic E-state index is 13.4. The topological polar surface area (TPSA) is 71.4 Å². The number of aryl methyl sites for hydroxylation is 2. The summed E-state index contributed by atoms with van der Waals surface area (Å²) >= 11 is 6.26. The fraction of sp³-hybridized carbons (Fsp3) is 0.382. The monoisotopic (exact) mass is 567 g/mol. The van der Waals surface area contributed by atoms with Gasteiger partial charge in [-0.25, -0.2) is 9.69 Å². The first kappa shape index (κ1) is 26.3. The van der Waals surface area contributed by atoms with Gasteiger partial charge in [-0.05, 0) is 136 Å². The molecule has 1 N–H and O–H groups in total. The van der Waals surface area contributed by atoms with Crippen molar-refractivity contribution in [2.24, 2.45) is 17.8 Å². The molecule has 0 radical (unpaired) electrons. The second kappa shape index (κ2) is 9.45. The second-order valence-electron chi connectivity index (χ2n) is 12.8. The largest absolute Gasteiger partial charge is 0.335 e. The third-order valence-electron chi connectivity index (χ3n) is 10.1. The van der Waals surface area contributed by atoms with Crippen LogP contribution in [0.5, 0.6) is 0 Å². The maximum absolute atomic E-state index is 13.4. The van der Waals surface area contributed by atoms with Crippen LogP contribution in [-0.4, -0.2) is 22.4 Å². The van der Waals surface area contributed by atoms with E-state index in [4.69, 9.17) is 11.6 Å². The number of carbonyl (C=O) groups excluding carboxylic acids is 3. The van der Waals surface area contributed by atoms with Crippen molar-refractivity contribution in [1.29, 1.82) is 0 Å². The number of urea groups is 1. The summed E-state index contributed by atoms with van der Waals surface area (Å²) in [7, 11) is 0. The van der Waals surface area contributed by atoms with Crippen molar-refractivity contribution in [3.8, 4) is 5.69 Å². The van der Waals surface area contributed by atoms with E-state index < -0.39 is 17.8 Å². The molecule has 0 unspecified atom stereocenters. The molecule has 2 heterocycles.